The summed E-state index contributed by atoms with van der Waals surface area (Å²) >= 11 is 0. The number of rotatable bonds is 1. The molecule has 0 radical (unpaired) electrons. The van der Waals surface area contributed by atoms with Gasteiger partial charge in [0.15, 0.2) is 0 Å². The van der Waals surface area contributed by atoms with Crippen LogP contribution in [0.25, 0.3) is 6.08 Å². The molecule has 0 saturated heterocycles. The van der Waals surface area contributed by atoms with Crippen molar-refractivity contribution in [3.05, 3.63) is 46.8 Å². The maximum Gasteiger partial charge on any atom is 0.291 e. The summed E-state index contributed by atoms with van der Waals surface area (Å²) < 4.78 is 0. The zero-order chi connectivity index (χ0) is 9.40. The first kappa shape index (κ1) is 10.1. The van der Waals surface area contributed by atoms with Crippen LogP contribution < -0.4 is 0 Å². The second-order valence-electron chi connectivity index (χ2n) is 1.72. The largest absolute Gasteiger partial charge is 0.328 e. The van der Waals surface area contributed by atoms with Crippen LogP contribution in [0.2, 0.25) is 0 Å². The summed E-state index contributed by atoms with van der Waals surface area (Å²) in [7, 11) is 0. The molecular formula is C7H8N2O3. The summed E-state index contributed by atoms with van der Waals surface area (Å²) in [5, 5.41) is 13.6. The van der Waals surface area contributed by atoms with Gasteiger partial charge < -0.3 is 5.21 Å². The highest BCUT2D eigenvalue weighted by atomic mass is 16.9. The Balaban J connectivity index is 0.000000261. The minimum Gasteiger partial charge on any atom is -0.328 e. The van der Waals surface area contributed by atoms with Crippen LogP contribution in [0.15, 0.2) is 31.1 Å². The lowest BCUT2D eigenvalue weighted by Crippen LogP contribution is -1.81. The van der Waals surface area contributed by atoms with E-state index in [0.29, 0.717) is 0 Å². The highest BCUT2D eigenvalue weighted by Crippen LogP contribution is 1.94. The van der Waals surface area contributed by atoms with Crippen molar-refractivity contribution in [1.29, 1.82) is 0 Å². The Hall–Kier alpha value is -1.91. The number of aromatic nitrogens is 1. The van der Waals surface area contributed by atoms with E-state index < -0.39 is 5.09 Å². The van der Waals surface area contributed by atoms with Crippen LogP contribution in [0, 0.1) is 10.1 Å². The van der Waals surface area contributed by atoms with Crippen molar-refractivity contribution in [2.75, 3.05) is 0 Å². The molecule has 0 unspecified atom stereocenters. The first-order valence-corrected chi connectivity index (χ1v) is 3.02. The average Bonchev–Trinajstić information content (AvgIpc) is 2.05. The number of hydrogen-bond acceptors (Lipinski definition) is 3. The minimum atomic E-state index is -1.50. The SMILES string of the molecule is C=Cc1ccncc1.O=[N+]([O-])O. The smallest absolute Gasteiger partial charge is 0.291 e. The Labute approximate surface area is 69.1 Å². The second-order valence-corrected chi connectivity index (χ2v) is 1.72. The lowest BCUT2D eigenvalue weighted by molar-refractivity contribution is -0.742. The first-order valence-electron chi connectivity index (χ1n) is 3.02. The minimum absolute atomic E-state index is 1.11. The fraction of sp³-hybridized carbons (Fsp3) is 0. The molecule has 0 atom stereocenters. The van der Waals surface area contributed by atoms with Gasteiger partial charge in [-0.1, -0.05) is 12.7 Å². The van der Waals surface area contributed by atoms with Gasteiger partial charge >= 0.3 is 0 Å². The van der Waals surface area contributed by atoms with Gasteiger partial charge in [-0.15, -0.1) is 10.1 Å². The third-order valence-corrected chi connectivity index (χ3v) is 0.942. The lowest BCUT2D eigenvalue weighted by Gasteiger charge is -1.84. The van der Waals surface area contributed by atoms with Crippen LogP contribution in [0.1, 0.15) is 5.56 Å². The monoisotopic (exact) mass is 168 g/mol. The fourth-order valence-corrected chi connectivity index (χ4v) is 0.500. The second kappa shape index (κ2) is 5.84. The quantitative estimate of drug-likeness (QED) is 0.507. The Kier molecular flexibility index (Phi) is 4.91. The van der Waals surface area contributed by atoms with Crippen molar-refractivity contribution in [2.45, 2.75) is 0 Å². The van der Waals surface area contributed by atoms with Crippen molar-refractivity contribution < 1.29 is 10.3 Å². The van der Waals surface area contributed by atoms with Crippen LogP contribution in [-0.4, -0.2) is 15.3 Å². The predicted octanol–water partition coefficient (Wildman–Crippen LogP) is 1.38. The van der Waals surface area contributed by atoms with Crippen LogP contribution in [-0.2, 0) is 0 Å². The first-order chi connectivity index (χ1) is 5.66. The summed E-state index contributed by atoms with van der Waals surface area (Å²) in [6, 6.07) is 3.82. The molecule has 0 bridgehead atoms. The Bertz CT molecular complexity index is 244. The van der Waals surface area contributed by atoms with E-state index in [1.807, 2.05) is 12.1 Å². The summed E-state index contributed by atoms with van der Waals surface area (Å²) in [4.78, 5) is 12.2. The third kappa shape index (κ3) is 6.21. The zero-order valence-electron chi connectivity index (χ0n) is 6.25. The van der Waals surface area contributed by atoms with Gasteiger partial charge in [-0.05, 0) is 17.7 Å². The number of hydrogen-bond donors (Lipinski definition) is 1. The molecule has 0 fully saturated rings. The molecular weight excluding hydrogens is 160 g/mol. The van der Waals surface area contributed by atoms with Crippen molar-refractivity contribution in [1.82, 2.24) is 4.98 Å². The van der Waals surface area contributed by atoms with E-state index in [4.69, 9.17) is 15.3 Å². The number of pyridine rings is 1. The molecule has 0 aromatic carbocycles. The van der Waals surface area contributed by atoms with E-state index >= 15 is 0 Å². The fourth-order valence-electron chi connectivity index (χ4n) is 0.500. The highest BCUT2D eigenvalue weighted by Gasteiger charge is 1.76. The van der Waals surface area contributed by atoms with Crippen molar-refractivity contribution in [3.63, 3.8) is 0 Å². The Morgan fingerprint density at radius 2 is 2.00 bits per heavy atom. The lowest BCUT2D eigenvalue weighted by atomic mass is 10.3. The molecule has 64 valence electrons. The van der Waals surface area contributed by atoms with E-state index in [-0.39, 0.29) is 0 Å². The van der Waals surface area contributed by atoms with Gasteiger partial charge in [-0.3, -0.25) is 4.98 Å². The molecule has 1 N–H and O–H groups in total. The van der Waals surface area contributed by atoms with Gasteiger partial charge in [-0.25, -0.2) is 0 Å². The molecule has 1 aromatic heterocycles. The van der Waals surface area contributed by atoms with Crippen LogP contribution >= 0.6 is 0 Å². The summed E-state index contributed by atoms with van der Waals surface area (Å²) in [5.74, 6) is 0. The van der Waals surface area contributed by atoms with Crippen molar-refractivity contribution in [2.24, 2.45) is 0 Å². The van der Waals surface area contributed by atoms with Crippen LogP contribution in [0.5, 0.6) is 0 Å². The summed E-state index contributed by atoms with van der Waals surface area (Å²) in [6.07, 6.45) is 5.29. The van der Waals surface area contributed by atoms with E-state index in [2.05, 4.69) is 11.6 Å². The molecule has 0 saturated carbocycles. The number of nitrogens with zero attached hydrogens (tertiary/aromatic N) is 2. The van der Waals surface area contributed by atoms with E-state index in [0.717, 1.165) is 5.56 Å². The van der Waals surface area contributed by atoms with Gasteiger partial charge in [0.05, 0.1) is 0 Å². The van der Waals surface area contributed by atoms with Gasteiger partial charge in [0.25, 0.3) is 5.09 Å². The average molecular weight is 168 g/mol. The molecule has 1 heterocycles. The third-order valence-electron chi connectivity index (χ3n) is 0.942. The van der Waals surface area contributed by atoms with Crippen LogP contribution in [0.4, 0.5) is 0 Å². The summed E-state index contributed by atoms with van der Waals surface area (Å²) in [6.45, 7) is 3.60. The maximum absolute atomic E-state index is 8.36. The van der Waals surface area contributed by atoms with Gasteiger partial charge in [0.2, 0.25) is 0 Å². The molecule has 1 rings (SSSR count). The maximum atomic E-state index is 8.36. The van der Waals surface area contributed by atoms with E-state index in [1.165, 1.54) is 0 Å². The molecule has 5 nitrogen and oxygen atoms in total. The molecule has 5 heteroatoms. The zero-order valence-corrected chi connectivity index (χ0v) is 6.25. The molecule has 0 aliphatic carbocycles. The molecule has 0 aliphatic heterocycles. The molecule has 0 aliphatic rings. The Morgan fingerprint density at radius 1 is 1.58 bits per heavy atom. The van der Waals surface area contributed by atoms with Crippen molar-refractivity contribution in [3.8, 4) is 0 Å². The Morgan fingerprint density at radius 3 is 2.25 bits per heavy atom. The van der Waals surface area contributed by atoms with E-state index in [9.17, 15) is 0 Å². The summed E-state index contributed by atoms with van der Waals surface area (Å²) in [5.41, 5.74) is 1.11. The normalized spacial score (nSPS) is 7.67. The van der Waals surface area contributed by atoms with Crippen molar-refractivity contribution >= 4 is 6.08 Å². The molecule has 0 spiro atoms. The van der Waals surface area contributed by atoms with Gasteiger partial charge in [0.1, 0.15) is 0 Å². The highest BCUT2D eigenvalue weighted by molar-refractivity contribution is 5.44. The van der Waals surface area contributed by atoms with E-state index in [1.54, 1.807) is 18.5 Å². The molecule has 0 amide bonds. The topological polar surface area (TPSA) is 76.3 Å². The standard InChI is InChI=1S/C7H7N.HNO3/c1-2-7-3-5-8-6-4-7;2-1(3)4/h2-6H,1H2;(H,2,3,4). The van der Waals surface area contributed by atoms with Gasteiger partial charge in [0, 0.05) is 12.4 Å². The molecule has 1 aromatic rings. The molecule has 12 heavy (non-hydrogen) atoms. The predicted molar refractivity (Wildman–Crippen MR) is 43.1 cm³/mol. The van der Waals surface area contributed by atoms with Crippen LogP contribution in [0.3, 0.4) is 0 Å². The van der Waals surface area contributed by atoms with Gasteiger partial charge in [-0.2, -0.15) is 0 Å².